The van der Waals surface area contributed by atoms with Crippen molar-refractivity contribution in [2.75, 3.05) is 52.4 Å². The summed E-state index contributed by atoms with van der Waals surface area (Å²) in [7, 11) is 0. The first-order chi connectivity index (χ1) is 11.6. The Morgan fingerprint density at radius 3 is 2.46 bits per heavy atom. The van der Waals surface area contributed by atoms with E-state index in [4.69, 9.17) is 0 Å². The van der Waals surface area contributed by atoms with Gasteiger partial charge in [-0.3, -0.25) is 19.3 Å². The van der Waals surface area contributed by atoms with Gasteiger partial charge in [0, 0.05) is 45.7 Å². The van der Waals surface area contributed by atoms with Crippen molar-refractivity contribution in [2.24, 2.45) is 0 Å². The van der Waals surface area contributed by atoms with Gasteiger partial charge in [0.25, 0.3) is 0 Å². The van der Waals surface area contributed by atoms with Crippen LogP contribution in [-0.2, 0) is 14.4 Å². The van der Waals surface area contributed by atoms with Gasteiger partial charge in [0.05, 0.1) is 13.1 Å². The predicted molar refractivity (Wildman–Crippen MR) is 91.4 cm³/mol. The van der Waals surface area contributed by atoms with Crippen LogP contribution in [0.25, 0.3) is 0 Å². The van der Waals surface area contributed by atoms with E-state index in [1.165, 1.54) is 0 Å². The third-order valence-electron chi connectivity index (χ3n) is 4.66. The molecule has 7 heteroatoms. The van der Waals surface area contributed by atoms with E-state index in [0.717, 1.165) is 25.7 Å². The second-order valence-electron chi connectivity index (χ2n) is 6.63. The third kappa shape index (κ3) is 5.78. The molecule has 0 aromatic heterocycles. The van der Waals surface area contributed by atoms with Gasteiger partial charge in [-0.2, -0.15) is 0 Å². The summed E-state index contributed by atoms with van der Waals surface area (Å²) < 4.78 is 0. The highest BCUT2D eigenvalue weighted by molar-refractivity contribution is 5.85. The molecule has 0 unspecified atom stereocenters. The molecule has 2 saturated heterocycles. The van der Waals surface area contributed by atoms with E-state index in [-0.39, 0.29) is 24.3 Å². The minimum atomic E-state index is 0.0281. The fourth-order valence-corrected chi connectivity index (χ4v) is 3.15. The maximum atomic E-state index is 12.4. The van der Waals surface area contributed by atoms with Crippen LogP contribution in [0.1, 0.15) is 39.0 Å². The van der Waals surface area contributed by atoms with Crippen LogP contribution in [0.15, 0.2) is 0 Å². The number of carbonyl (C=O) groups excluding carboxylic acids is 3. The Bertz CT molecular complexity index is 447. The molecule has 0 bridgehead atoms. The fourth-order valence-electron chi connectivity index (χ4n) is 3.15. The van der Waals surface area contributed by atoms with Crippen LogP contribution in [0.3, 0.4) is 0 Å². The Labute approximate surface area is 144 Å². The molecule has 1 N–H and O–H groups in total. The highest BCUT2D eigenvalue weighted by atomic mass is 16.2. The number of piperazine rings is 1. The Hall–Kier alpha value is -1.63. The van der Waals surface area contributed by atoms with Crippen LogP contribution in [0.4, 0.5) is 0 Å². The highest BCUT2D eigenvalue weighted by Crippen LogP contribution is 2.12. The smallest absolute Gasteiger partial charge is 0.242 e. The zero-order valence-electron chi connectivity index (χ0n) is 14.8. The maximum absolute atomic E-state index is 12.4. The molecule has 2 heterocycles. The van der Waals surface area contributed by atoms with Crippen molar-refractivity contribution in [3.63, 3.8) is 0 Å². The minimum Gasteiger partial charge on any atom is -0.355 e. The summed E-state index contributed by atoms with van der Waals surface area (Å²) in [6.45, 7) is 6.70. The van der Waals surface area contributed by atoms with Gasteiger partial charge in [0.1, 0.15) is 0 Å². The molecule has 136 valence electrons. The first-order valence-corrected chi connectivity index (χ1v) is 9.14. The SMILES string of the molecule is CCCNC(=O)CN1CCN(C(=O)CN2CCCCCC2=O)CC1. The Kier molecular flexibility index (Phi) is 7.49. The van der Waals surface area contributed by atoms with E-state index in [9.17, 15) is 14.4 Å². The zero-order chi connectivity index (χ0) is 17.4. The lowest BCUT2D eigenvalue weighted by Crippen LogP contribution is -2.53. The second kappa shape index (κ2) is 9.61. The molecule has 0 atom stereocenters. The summed E-state index contributed by atoms with van der Waals surface area (Å²) in [5, 5.41) is 2.87. The molecule has 24 heavy (non-hydrogen) atoms. The van der Waals surface area contributed by atoms with Gasteiger partial charge in [-0.15, -0.1) is 0 Å². The summed E-state index contributed by atoms with van der Waals surface area (Å²) in [6, 6.07) is 0. The molecular formula is C17H30N4O3. The average Bonchev–Trinajstić information content (AvgIpc) is 2.78. The Balaban J connectivity index is 1.72. The summed E-state index contributed by atoms with van der Waals surface area (Å²) >= 11 is 0. The predicted octanol–water partition coefficient (Wildman–Crippen LogP) is 0.0594. The van der Waals surface area contributed by atoms with Gasteiger partial charge < -0.3 is 15.1 Å². The molecule has 0 aromatic rings. The molecule has 2 aliphatic heterocycles. The lowest BCUT2D eigenvalue weighted by Gasteiger charge is -2.35. The number of carbonyl (C=O) groups is 3. The molecule has 2 aliphatic rings. The van der Waals surface area contributed by atoms with Crippen LogP contribution in [0, 0.1) is 0 Å². The van der Waals surface area contributed by atoms with Crippen molar-refractivity contribution < 1.29 is 14.4 Å². The molecule has 0 saturated carbocycles. The molecule has 2 fully saturated rings. The summed E-state index contributed by atoms with van der Waals surface area (Å²) in [5.41, 5.74) is 0. The quantitative estimate of drug-likeness (QED) is 0.743. The Morgan fingerprint density at radius 1 is 1.00 bits per heavy atom. The van der Waals surface area contributed by atoms with Crippen molar-refractivity contribution in [2.45, 2.75) is 39.0 Å². The molecule has 7 nitrogen and oxygen atoms in total. The van der Waals surface area contributed by atoms with Crippen molar-refractivity contribution in [1.29, 1.82) is 0 Å². The van der Waals surface area contributed by atoms with Crippen molar-refractivity contribution >= 4 is 17.7 Å². The lowest BCUT2D eigenvalue weighted by atomic mass is 10.2. The van der Waals surface area contributed by atoms with Crippen LogP contribution in [0.2, 0.25) is 0 Å². The van der Waals surface area contributed by atoms with Crippen molar-refractivity contribution in [1.82, 2.24) is 20.0 Å². The summed E-state index contributed by atoms with van der Waals surface area (Å²) in [4.78, 5) is 41.8. The second-order valence-corrected chi connectivity index (χ2v) is 6.63. The molecular weight excluding hydrogens is 308 g/mol. The summed E-state index contributed by atoms with van der Waals surface area (Å²) in [6.07, 6.45) is 4.48. The van der Waals surface area contributed by atoms with Crippen LogP contribution in [0.5, 0.6) is 0 Å². The monoisotopic (exact) mass is 338 g/mol. The van der Waals surface area contributed by atoms with Crippen LogP contribution < -0.4 is 5.32 Å². The van der Waals surface area contributed by atoms with Crippen molar-refractivity contribution in [3.8, 4) is 0 Å². The number of hydrogen-bond donors (Lipinski definition) is 1. The molecule has 0 aromatic carbocycles. The van der Waals surface area contributed by atoms with Crippen molar-refractivity contribution in [3.05, 3.63) is 0 Å². The van der Waals surface area contributed by atoms with Gasteiger partial charge in [-0.25, -0.2) is 0 Å². The zero-order valence-corrected chi connectivity index (χ0v) is 14.8. The maximum Gasteiger partial charge on any atom is 0.242 e. The normalized spacial score (nSPS) is 20.0. The van der Waals surface area contributed by atoms with E-state index in [2.05, 4.69) is 10.2 Å². The third-order valence-corrected chi connectivity index (χ3v) is 4.66. The molecule has 3 amide bonds. The van der Waals surface area contributed by atoms with E-state index >= 15 is 0 Å². The number of hydrogen-bond acceptors (Lipinski definition) is 4. The van der Waals surface area contributed by atoms with E-state index in [0.29, 0.717) is 52.2 Å². The first-order valence-electron chi connectivity index (χ1n) is 9.14. The molecule has 0 spiro atoms. The number of nitrogens with one attached hydrogen (secondary N) is 1. The van der Waals surface area contributed by atoms with Crippen LogP contribution in [-0.4, -0.2) is 84.8 Å². The van der Waals surface area contributed by atoms with Gasteiger partial charge in [-0.1, -0.05) is 13.3 Å². The average molecular weight is 338 g/mol. The fraction of sp³-hybridized carbons (Fsp3) is 0.824. The molecule has 2 rings (SSSR count). The molecule has 0 radical (unpaired) electrons. The minimum absolute atomic E-state index is 0.0281. The topological polar surface area (TPSA) is 73.0 Å². The number of rotatable bonds is 6. The number of likely N-dealkylation sites (tertiary alicyclic amines) is 1. The standard InChI is InChI=1S/C17H30N4O3/c1-2-7-18-15(22)13-19-9-11-20(12-10-19)17(24)14-21-8-5-3-4-6-16(21)23/h2-14H2,1H3,(H,18,22). The lowest BCUT2D eigenvalue weighted by molar-refractivity contribution is -0.141. The number of amides is 3. The van der Waals surface area contributed by atoms with Gasteiger partial charge in [0.15, 0.2) is 0 Å². The molecule has 0 aliphatic carbocycles. The Morgan fingerprint density at radius 2 is 1.75 bits per heavy atom. The van der Waals surface area contributed by atoms with E-state index in [1.807, 2.05) is 11.8 Å². The highest BCUT2D eigenvalue weighted by Gasteiger charge is 2.25. The van der Waals surface area contributed by atoms with Gasteiger partial charge in [-0.05, 0) is 19.3 Å². The van der Waals surface area contributed by atoms with E-state index in [1.54, 1.807) is 4.90 Å². The number of nitrogens with zero attached hydrogens (tertiary/aromatic N) is 3. The summed E-state index contributed by atoms with van der Waals surface area (Å²) in [5.74, 6) is 0.180. The van der Waals surface area contributed by atoms with E-state index < -0.39 is 0 Å². The first kappa shape index (κ1) is 18.7. The largest absolute Gasteiger partial charge is 0.355 e. The van der Waals surface area contributed by atoms with Crippen LogP contribution >= 0.6 is 0 Å². The van der Waals surface area contributed by atoms with Gasteiger partial charge >= 0.3 is 0 Å². The van der Waals surface area contributed by atoms with Gasteiger partial charge in [0.2, 0.25) is 17.7 Å².